The third-order valence-electron chi connectivity index (χ3n) is 5.75. The lowest BCUT2D eigenvalue weighted by atomic mass is 9.81. The molecular weight excluding hydrogens is 384 g/mol. The zero-order valence-corrected chi connectivity index (χ0v) is 16.4. The molecule has 2 aromatic carbocycles. The van der Waals surface area contributed by atoms with Crippen LogP contribution in [-0.2, 0) is 11.3 Å². The minimum atomic E-state index is -0.469. The first-order chi connectivity index (χ1) is 14.5. The quantitative estimate of drug-likeness (QED) is 0.513. The van der Waals surface area contributed by atoms with Crippen LogP contribution in [0.3, 0.4) is 0 Å². The zero-order valence-electron chi connectivity index (χ0n) is 16.4. The maximum absolute atomic E-state index is 12.7. The number of nitrogens with one attached hydrogen (secondary N) is 1. The van der Waals surface area contributed by atoms with E-state index in [1.54, 1.807) is 29.1 Å². The second kappa shape index (κ2) is 8.44. The number of nitrogens with zero attached hydrogens (tertiary/aromatic N) is 3. The first-order valence-electron chi connectivity index (χ1n) is 10.0. The maximum atomic E-state index is 12.7. The van der Waals surface area contributed by atoms with Gasteiger partial charge in [0.15, 0.2) is 0 Å². The van der Waals surface area contributed by atoms with Crippen LogP contribution in [0.4, 0.5) is 11.4 Å². The lowest BCUT2D eigenvalue weighted by molar-refractivity contribution is -0.384. The lowest BCUT2D eigenvalue weighted by Gasteiger charge is -2.28. The summed E-state index contributed by atoms with van der Waals surface area (Å²) in [5.74, 6) is 0.170. The van der Waals surface area contributed by atoms with Crippen molar-refractivity contribution in [3.05, 3.63) is 75.3 Å². The van der Waals surface area contributed by atoms with E-state index in [-0.39, 0.29) is 23.1 Å². The molecule has 0 aliphatic heterocycles. The number of rotatable bonds is 5. The van der Waals surface area contributed by atoms with Gasteiger partial charge < -0.3 is 5.32 Å². The van der Waals surface area contributed by atoms with Crippen LogP contribution in [-0.4, -0.2) is 20.4 Å². The van der Waals surface area contributed by atoms with E-state index in [9.17, 15) is 19.7 Å². The molecule has 1 fully saturated rings. The molecule has 1 aliphatic rings. The summed E-state index contributed by atoms with van der Waals surface area (Å²) in [5, 5.41) is 14.2. The van der Waals surface area contributed by atoms with Crippen LogP contribution in [0, 0.1) is 22.0 Å². The SMILES string of the molecule is O=C(Nc1ccc([N+](=O)[O-])cc1)C1CCC(Cn2cnc3ccccc3c2=O)CC1. The molecule has 0 bridgehead atoms. The average molecular weight is 406 g/mol. The summed E-state index contributed by atoms with van der Waals surface area (Å²) < 4.78 is 1.67. The second-order valence-electron chi connectivity index (χ2n) is 7.73. The number of nitro benzene ring substituents is 1. The summed E-state index contributed by atoms with van der Waals surface area (Å²) in [6.07, 6.45) is 4.83. The van der Waals surface area contributed by atoms with E-state index in [1.165, 1.54) is 12.1 Å². The van der Waals surface area contributed by atoms with E-state index in [1.807, 2.05) is 18.2 Å². The second-order valence-corrected chi connectivity index (χ2v) is 7.73. The summed E-state index contributed by atoms with van der Waals surface area (Å²) in [4.78, 5) is 39.8. The number of non-ortho nitro benzene ring substituents is 1. The summed E-state index contributed by atoms with van der Waals surface area (Å²) >= 11 is 0. The van der Waals surface area contributed by atoms with Crippen LogP contribution in [0.25, 0.3) is 10.9 Å². The fraction of sp³-hybridized carbons (Fsp3) is 0.318. The van der Waals surface area contributed by atoms with E-state index in [0.717, 1.165) is 25.7 Å². The zero-order chi connectivity index (χ0) is 21.1. The van der Waals surface area contributed by atoms with Gasteiger partial charge in [-0.2, -0.15) is 0 Å². The Morgan fingerprint density at radius 2 is 1.80 bits per heavy atom. The van der Waals surface area contributed by atoms with Crippen LogP contribution >= 0.6 is 0 Å². The Bertz CT molecular complexity index is 1130. The Morgan fingerprint density at radius 1 is 1.10 bits per heavy atom. The van der Waals surface area contributed by atoms with Crippen molar-refractivity contribution >= 4 is 28.2 Å². The number of aromatic nitrogens is 2. The molecule has 1 N–H and O–H groups in total. The van der Waals surface area contributed by atoms with Crippen molar-refractivity contribution in [1.82, 2.24) is 9.55 Å². The molecule has 1 saturated carbocycles. The van der Waals surface area contributed by atoms with Crippen LogP contribution < -0.4 is 10.9 Å². The molecular formula is C22H22N4O4. The summed E-state index contributed by atoms with van der Waals surface area (Å²) in [6, 6.07) is 13.2. The fourth-order valence-corrected chi connectivity index (χ4v) is 4.03. The molecule has 0 atom stereocenters. The third kappa shape index (κ3) is 4.22. The highest BCUT2D eigenvalue weighted by Gasteiger charge is 2.27. The maximum Gasteiger partial charge on any atom is 0.269 e. The Balaban J connectivity index is 1.33. The molecule has 1 heterocycles. The minimum Gasteiger partial charge on any atom is -0.326 e. The molecule has 0 spiro atoms. The van der Waals surface area contributed by atoms with Crippen LogP contribution in [0.1, 0.15) is 25.7 Å². The highest BCUT2D eigenvalue weighted by molar-refractivity contribution is 5.92. The number of anilines is 1. The van der Waals surface area contributed by atoms with Crippen molar-refractivity contribution in [3.63, 3.8) is 0 Å². The smallest absolute Gasteiger partial charge is 0.269 e. The monoisotopic (exact) mass is 406 g/mol. The normalized spacial score (nSPS) is 18.8. The lowest BCUT2D eigenvalue weighted by Crippen LogP contribution is -2.30. The number of fused-ring (bicyclic) bond motifs is 1. The van der Waals surface area contributed by atoms with Crippen molar-refractivity contribution in [2.75, 3.05) is 5.32 Å². The number of carbonyl (C=O) groups excluding carboxylic acids is 1. The van der Waals surface area contributed by atoms with Crippen molar-refractivity contribution < 1.29 is 9.72 Å². The number of para-hydroxylation sites is 1. The van der Waals surface area contributed by atoms with E-state index < -0.39 is 4.92 Å². The standard InChI is InChI=1S/C22H22N4O4/c27-21(24-17-9-11-18(12-10-17)26(29)30)16-7-5-15(6-8-16)13-25-14-23-20-4-2-1-3-19(20)22(25)28/h1-4,9-12,14-16H,5-8,13H2,(H,24,27). The molecule has 8 nitrogen and oxygen atoms in total. The Morgan fingerprint density at radius 3 is 2.50 bits per heavy atom. The van der Waals surface area contributed by atoms with Gasteiger partial charge in [0.1, 0.15) is 0 Å². The van der Waals surface area contributed by atoms with Crippen molar-refractivity contribution in [2.45, 2.75) is 32.2 Å². The summed E-state index contributed by atoms with van der Waals surface area (Å²) in [7, 11) is 0. The predicted octanol–water partition coefficient (Wildman–Crippen LogP) is 3.75. The van der Waals surface area contributed by atoms with E-state index in [0.29, 0.717) is 29.1 Å². The molecule has 0 unspecified atom stereocenters. The summed E-state index contributed by atoms with van der Waals surface area (Å²) in [6.45, 7) is 0.605. The van der Waals surface area contributed by atoms with Gasteiger partial charge in [-0.15, -0.1) is 0 Å². The van der Waals surface area contributed by atoms with E-state index in [4.69, 9.17) is 0 Å². The van der Waals surface area contributed by atoms with Gasteiger partial charge in [0.2, 0.25) is 5.91 Å². The van der Waals surface area contributed by atoms with Crippen molar-refractivity contribution in [3.8, 4) is 0 Å². The number of hydrogen-bond donors (Lipinski definition) is 1. The van der Waals surface area contributed by atoms with E-state index >= 15 is 0 Å². The van der Waals surface area contributed by atoms with Crippen molar-refractivity contribution in [2.24, 2.45) is 11.8 Å². The average Bonchev–Trinajstić information content (AvgIpc) is 2.77. The molecule has 1 aliphatic carbocycles. The number of amides is 1. The first kappa shape index (κ1) is 19.8. The van der Waals surface area contributed by atoms with Crippen LogP contribution in [0.15, 0.2) is 59.7 Å². The van der Waals surface area contributed by atoms with Crippen LogP contribution in [0.5, 0.6) is 0 Å². The molecule has 0 radical (unpaired) electrons. The third-order valence-corrected chi connectivity index (χ3v) is 5.75. The van der Waals surface area contributed by atoms with Crippen molar-refractivity contribution in [1.29, 1.82) is 0 Å². The molecule has 8 heteroatoms. The highest BCUT2D eigenvalue weighted by atomic mass is 16.6. The molecule has 154 valence electrons. The minimum absolute atomic E-state index is 0.00747. The Labute approximate surface area is 172 Å². The topological polar surface area (TPSA) is 107 Å². The number of carbonyl (C=O) groups is 1. The number of nitro groups is 1. The van der Waals surface area contributed by atoms with E-state index in [2.05, 4.69) is 10.3 Å². The highest BCUT2D eigenvalue weighted by Crippen LogP contribution is 2.30. The van der Waals surface area contributed by atoms with Gasteiger partial charge in [0.05, 0.1) is 22.2 Å². The summed E-state index contributed by atoms with van der Waals surface area (Å²) in [5.41, 5.74) is 1.22. The van der Waals surface area contributed by atoms with Gasteiger partial charge in [-0.05, 0) is 55.9 Å². The van der Waals surface area contributed by atoms with Crippen LogP contribution in [0.2, 0.25) is 0 Å². The molecule has 30 heavy (non-hydrogen) atoms. The number of hydrogen-bond acceptors (Lipinski definition) is 5. The largest absolute Gasteiger partial charge is 0.326 e. The van der Waals surface area contributed by atoms with Gasteiger partial charge >= 0.3 is 0 Å². The number of benzene rings is 2. The van der Waals surface area contributed by atoms with Gasteiger partial charge in [0, 0.05) is 30.3 Å². The van der Waals surface area contributed by atoms with Gasteiger partial charge in [-0.25, -0.2) is 4.98 Å². The molecule has 1 aromatic heterocycles. The molecule has 4 rings (SSSR count). The first-order valence-corrected chi connectivity index (χ1v) is 10.0. The predicted molar refractivity (Wildman–Crippen MR) is 113 cm³/mol. The Kier molecular flexibility index (Phi) is 5.56. The van der Waals surface area contributed by atoms with Gasteiger partial charge in [0.25, 0.3) is 11.2 Å². The fourth-order valence-electron chi connectivity index (χ4n) is 4.03. The van der Waals surface area contributed by atoms with Gasteiger partial charge in [-0.1, -0.05) is 12.1 Å². The molecule has 1 amide bonds. The molecule has 3 aromatic rings. The molecule has 0 saturated heterocycles. The Hall–Kier alpha value is -3.55. The van der Waals surface area contributed by atoms with Gasteiger partial charge in [-0.3, -0.25) is 24.3 Å².